The zero-order valence-corrected chi connectivity index (χ0v) is 11.6. The molecule has 6 nitrogen and oxygen atoms in total. The number of carboxylic acids is 1. The summed E-state index contributed by atoms with van der Waals surface area (Å²) >= 11 is 0. The lowest BCUT2D eigenvalue weighted by Gasteiger charge is -2.17. The average molecular weight is 297 g/mol. The molecule has 0 bridgehead atoms. The van der Waals surface area contributed by atoms with Crippen LogP contribution in [-0.4, -0.2) is 35.1 Å². The van der Waals surface area contributed by atoms with Crippen LogP contribution in [0.2, 0.25) is 0 Å². The maximum absolute atomic E-state index is 12.8. The van der Waals surface area contributed by atoms with Gasteiger partial charge in [0.05, 0.1) is 6.10 Å². The third kappa shape index (κ3) is 4.87. The summed E-state index contributed by atoms with van der Waals surface area (Å²) in [5, 5.41) is 11.0. The first-order valence-corrected chi connectivity index (χ1v) is 6.34. The number of aliphatic carboxylic acids is 1. The molecule has 1 rings (SSSR count). The number of hydrogen-bond donors (Lipinski definition) is 2. The van der Waals surface area contributed by atoms with E-state index in [4.69, 9.17) is 9.84 Å². The SMILES string of the molecule is CCC(C)OC(=O)C(NC(=O)c1ccc(F)cc1)C(=O)O. The molecule has 1 aromatic carbocycles. The minimum Gasteiger partial charge on any atom is -0.479 e. The molecule has 1 amide bonds. The third-order valence-corrected chi connectivity index (χ3v) is 2.76. The van der Waals surface area contributed by atoms with Crippen LogP contribution >= 0.6 is 0 Å². The van der Waals surface area contributed by atoms with Gasteiger partial charge in [-0.1, -0.05) is 6.92 Å². The summed E-state index contributed by atoms with van der Waals surface area (Å²) in [7, 11) is 0. The smallest absolute Gasteiger partial charge is 0.340 e. The second-order valence-electron chi connectivity index (χ2n) is 4.41. The van der Waals surface area contributed by atoms with Crippen molar-refractivity contribution < 1.29 is 28.6 Å². The Balaban J connectivity index is 2.78. The normalized spacial score (nSPS) is 13.1. The first kappa shape index (κ1) is 16.6. The summed E-state index contributed by atoms with van der Waals surface area (Å²) in [5.41, 5.74) is 0.0407. The van der Waals surface area contributed by atoms with Gasteiger partial charge in [0.15, 0.2) is 0 Å². The number of amides is 1. The fourth-order valence-electron chi connectivity index (χ4n) is 1.39. The van der Waals surface area contributed by atoms with E-state index in [1.165, 1.54) is 12.1 Å². The molecular formula is C14H16FNO5. The van der Waals surface area contributed by atoms with Crippen molar-refractivity contribution in [2.75, 3.05) is 0 Å². The molecule has 114 valence electrons. The molecule has 7 heteroatoms. The van der Waals surface area contributed by atoms with E-state index in [1.54, 1.807) is 13.8 Å². The number of rotatable bonds is 6. The van der Waals surface area contributed by atoms with E-state index >= 15 is 0 Å². The highest BCUT2D eigenvalue weighted by molar-refractivity contribution is 6.05. The van der Waals surface area contributed by atoms with Crippen molar-refractivity contribution in [2.24, 2.45) is 0 Å². The Morgan fingerprint density at radius 2 is 1.86 bits per heavy atom. The second kappa shape index (κ2) is 7.37. The number of esters is 1. The van der Waals surface area contributed by atoms with Gasteiger partial charge in [-0.25, -0.2) is 14.0 Å². The summed E-state index contributed by atoms with van der Waals surface area (Å²) in [6.45, 7) is 3.38. The summed E-state index contributed by atoms with van der Waals surface area (Å²) in [6.07, 6.45) is 0.0614. The first-order valence-electron chi connectivity index (χ1n) is 6.34. The lowest BCUT2D eigenvalue weighted by atomic mass is 10.2. The van der Waals surface area contributed by atoms with Crippen LogP contribution in [0, 0.1) is 5.82 Å². The maximum atomic E-state index is 12.8. The Bertz CT molecular complexity index is 529. The molecule has 0 aliphatic heterocycles. The highest BCUT2D eigenvalue weighted by atomic mass is 19.1. The fraction of sp³-hybridized carbons (Fsp3) is 0.357. The van der Waals surface area contributed by atoms with Gasteiger partial charge < -0.3 is 15.2 Å². The second-order valence-corrected chi connectivity index (χ2v) is 4.41. The number of ether oxygens (including phenoxy) is 1. The van der Waals surface area contributed by atoms with Crippen molar-refractivity contribution in [2.45, 2.75) is 32.4 Å². The van der Waals surface area contributed by atoms with E-state index in [0.717, 1.165) is 12.1 Å². The number of hydrogen-bond acceptors (Lipinski definition) is 4. The molecule has 0 aliphatic carbocycles. The lowest BCUT2D eigenvalue weighted by molar-refractivity contribution is -0.158. The van der Waals surface area contributed by atoms with Gasteiger partial charge in [0, 0.05) is 5.56 Å². The van der Waals surface area contributed by atoms with E-state index in [1.807, 2.05) is 5.32 Å². The summed E-state index contributed by atoms with van der Waals surface area (Å²) in [4.78, 5) is 34.6. The molecule has 0 aliphatic rings. The Morgan fingerprint density at radius 1 is 1.29 bits per heavy atom. The zero-order valence-electron chi connectivity index (χ0n) is 11.6. The summed E-state index contributed by atoms with van der Waals surface area (Å²) in [6, 6.07) is 2.67. The van der Waals surface area contributed by atoms with E-state index < -0.39 is 35.8 Å². The van der Waals surface area contributed by atoms with Gasteiger partial charge in [0.25, 0.3) is 5.91 Å². The van der Waals surface area contributed by atoms with Gasteiger partial charge in [-0.2, -0.15) is 0 Å². The van der Waals surface area contributed by atoms with Gasteiger partial charge in [-0.15, -0.1) is 0 Å². The van der Waals surface area contributed by atoms with Crippen LogP contribution in [0.15, 0.2) is 24.3 Å². The van der Waals surface area contributed by atoms with E-state index in [0.29, 0.717) is 6.42 Å². The zero-order chi connectivity index (χ0) is 16.0. The van der Waals surface area contributed by atoms with Crippen LogP contribution in [0.5, 0.6) is 0 Å². The third-order valence-electron chi connectivity index (χ3n) is 2.76. The predicted octanol–water partition coefficient (Wildman–Crippen LogP) is 1.35. The quantitative estimate of drug-likeness (QED) is 0.611. The molecule has 2 N–H and O–H groups in total. The number of halogens is 1. The van der Waals surface area contributed by atoms with E-state index in [-0.39, 0.29) is 5.56 Å². The van der Waals surface area contributed by atoms with Gasteiger partial charge >= 0.3 is 11.9 Å². The van der Waals surface area contributed by atoms with Crippen molar-refractivity contribution in [1.29, 1.82) is 0 Å². The van der Waals surface area contributed by atoms with Crippen molar-refractivity contribution in [3.63, 3.8) is 0 Å². The molecule has 0 saturated heterocycles. The predicted molar refractivity (Wildman–Crippen MR) is 71.1 cm³/mol. The Kier molecular flexibility index (Phi) is 5.83. The Labute approximate surface area is 120 Å². The van der Waals surface area contributed by atoms with Crippen LogP contribution < -0.4 is 5.32 Å². The van der Waals surface area contributed by atoms with Crippen molar-refractivity contribution in [3.8, 4) is 0 Å². The van der Waals surface area contributed by atoms with Crippen LogP contribution in [0.4, 0.5) is 4.39 Å². The summed E-state index contributed by atoms with van der Waals surface area (Å²) in [5.74, 6) is -3.91. The van der Waals surface area contributed by atoms with E-state index in [2.05, 4.69) is 0 Å². The Hall–Kier alpha value is -2.44. The minimum atomic E-state index is -1.81. The molecule has 0 heterocycles. The highest BCUT2D eigenvalue weighted by Gasteiger charge is 2.31. The van der Waals surface area contributed by atoms with Crippen LogP contribution in [0.25, 0.3) is 0 Å². The molecule has 0 fully saturated rings. The van der Waals surface area contributed by atoms with Gasteiger partial charge in [0.2, 0.25) is 6.04 Å². The molecule has 2 unspecified atom stereocenters. The molecule has 0 aromatic heterocycles. The monoisotopic (exact) mass is 297 g/mol. The van der Waals surface area contributed by atoms with Crippen molar-refractivity contribution in [3.05, 3.63) is 35.6 Å². The summed E-state index contributed by atoms with van der Waals surface area (Å²) < 4.78 is 17.6. The number of nitrogens with one attached hydrogen (secondary N) is 1. The molecular weight excluding hydrogens is 281 g/mol. The molecule has 0 radical (unpaired) electrons. The average Bonchev–Trinajstić information content (AvgIpc) is 2.44. The van der Waals surface area contributed by atoms with E-state index in [9.17, 15) is 18.8 Å². The molecule has 1 aromatic rings. The van der Waals surface area contributed by atoms with Crippen LogP contribution in [0.3, 0.4) is 0 Å². The number of carboxylic acid groups (broad SMARTS) is 1. The lowest BCUT2D eigenvalue weighted by Crippen LogP contribution is -2.48. The largest absolute Gasteiger partial charge is 0.479 e. The molecule has 0 saturated carbocycles. The van der Waals surface area contributed by atoms with Gasteiger partial charge in [0.1, 0.15) is 5.82 Å². The van der Waals surface area contributed by atoms with Gasteiger partial charge in [-0.3, -0.25) is 4.79 Å². The molecule has 0 spiro atoms. The fourth-order valence-corrected chi connectivity index (χ4v) is 1.39. The van der Waals surface area contributed by atoms with Gasteiger partial charge in [-0.05, 0) is 37.6 Å². The highest BCUT2D eigenvalue weighted by Crippen LogP contribution is 2.05. The minimum absolute atomic E-state index is 0.0407. The number of benzene rings is 1. The number of carbonyl (C=O) groups is 3. The van der Waals surface area contributed by atoms with Crippen LogP contribution in [0.1, 0.15) is 30.6 Å². The maximum Gasteiger partial charge on any atom is 0.340 e. The van der Waals surface area contributed by atoms with Crippen LogP contribution in [-0.2, 0) is 14.3 Å². The molecule has 2 atom stereocenters. The standard InChI is InChI=1S/C14H16FNO5/c1-3-8(2)21-14(20)11(13(18)19)16-12(17)9-4-6-10(15)7-5-9/h4-8,11H,3H2,1-2H3,(H,16,17)(H,18,19). The number of carbonyl (C=O) groups excluding carboxylic acids is 2. The Morgan fingerprint density at radius 3 is 2.33 bits per heavy atom. The first-order chi connectivity index (χ1) is 9.85. The van der Waals surface area contributed by atoms with Crippen molar-refractivity contribution in [1.82, 2.24) is 5.32 Å². The molecule has 21 heavy (non-hydrogen) atoms. The van der Waals surface area contributed by atoms with Crippen molar-refractivity contribution >= 4 is 17.8 Å². The topological polar surface area (TPSA) is 92.7 Å².